The zero-order valence-electron chi connectivity index (χ0n) is 13.1. The van der Waals surface area contributed by atoms with E-state index >= 15 is 0 Å². The van der Waals surface area contributed by atoms with Gasteiger partial charge >= 0.3 is 0 Å². The third-order valence-electron chi connectivity index (χ3n) is 3.00. The molecule has 6 nitrogen and oxygen atoms in total. The Balaban J connectivity index is 2.04. The maximum absolute atomic E-state index is 12.9. The third kappa shape index (κ3) is 5.30. The quantitative estimate of drug-likeness (QED) is 0.768. The van der Waals surface area contributed by atoms with E-state index in [0.717, 1.165) is 6.42 Å². The summed E-state index contributed by atoms with van der Waals surface area (Å²) in [4.78, 5) is 20.6. The van der Waals surface area contributed by atoms with Gasteiger partial charge in [0.25, 0.3) is 5.91 Å². The lowest BCUT2D eigenvalue weighted by Gasteiger charge is -2.09. The summed E-state index contributed by atoms with van der Waals surface area (Å²) < 4.78 is 17.9. The summed E-state index contributed by atoms with van der Waals surface area (Å²) in [5, 5.41) is 5.80. The van der Waals surface area contributed by atoms with Crippen LogP contribution in [0.3, 0.4) is 0 Å². The molecule has 1 aromatic carbocycles. The highest BCUT2D eigenvalue weighted by atomic mass is 19.1. The Morgan fingerprint density at radius 3 is 2.70 bits per heavy atom. The van der Waals surface area contributed by atoms with Gasteiger partial charge < -0.3 is 15.4 Å². The fourth-order valence-electron chi connectivity index (χ4n) is 1.94. The van der Waals surface area contributed by atoms with E-state index in [-0.39, 0.29) is 17.4 Å². The van der Waals surface area contributed by atoms with Crippen molar-refractivity contribution in [2.75, 3.05) is 30.9 Å². The van der Waals surface area contributed by atoms with Gasteiger partial charge in [-0.1, -0.05) is 0 Å². The second-order valence-corrected chi connectivity index (χ2v) is 4.92. The van der Waals surface area contributed by atoms with Gasteiger partial charge in [-0.15, -0.1) is 0 Å². The number of hydrogen-bond acceptors (Lipinski definition) is 5. The van der Waals surface area contributed by atoms with Crippen LogP contribution in [0.4, 0.5) is 15.9 Å². The predicted molar refractivity (Wildman–Crippen MR) is 86.1 cm³/mol. The van der Waals surface area contributed by atoms with Crippen LogP contribution in [0, 0.1) is 12.7 Å². The number of amides is 1. The minimum atomic E-state index is -0.373. The molecule has 23 heavy (non-hydrogen) atoms. The molecule has 0 spiro atoms. The van der Waals surface area contributed by atoms with Gasteiger partial charge in [0.1, 0.15) is 23.2 Å². The molecule has 0 aliphatic carbocycles. The number of nitrogens with one attached hydrogen (secondary N) is 2. The summed E-state index contributed by atoms with van der Waals surface area (Å²) >= 11 is 0. The maximum Gasteiger partial charge on any atom is 0.274 e. The highest BCUT2D eigenvalue weighted by Gasteiger charge is 2.11. The number of nitrogens with zero attached hydrogens (tertiary/aromatic N) is 2. The highest BCUT2D eigenvalue weighted by molar-refractivity contribution is 6.03. The molecular weight excluding hydrogens is 299 g/mol. The van der Waals surface area contributed by atoms with E-state index in [1.807, 2.05) is 0 Å². The van der Waals surface area contributed by atoms with Crippen LogP contribution in [-0.4, -0.2) is 36.1 Å². The zero-order valence-corrected chi connectivity index (χ0v) is 13.1. The maximum atomic E-state index is 12.9. The van der Waals surface area contributed by atoms with Gasteiger partial charge in [0.05, 0.1) is 0 Å². The van der Waals surface area contributed by atoms with E-state index in [0.29, 0.717) is 30.5 Å². The second kappa shape index (κ2) is 8.19. The number of carbonyl (C=O) groups is 1. The monoisotopic (exact) mass is 318 g/mol. The van der Waals surface area contributed by atoms with Crippen LogP contribution in [0.1, 0.15) is 22.7 Å². The first-order valence-corrected chi connectivity index (χ1v) is 7.24. The van der Waals surface area contributed by atoms with E-state index in [1.165, 1.54) is 24.3 Å². The summed E-state index contributed by atoms with van der Waals surface area (Å²) in [7, 11) is 1.65. The van der Waals surface area contributed by atoms with Crippen LogP contribution in [0.5, 0.6) is 0 Å². The molecule has 0 atom stereocenters. The Bertz CT molecular complexity index is 662. The molecule has 0 fully saturated rings. The van der Waals surface area contributed by atoms with Crippen LogP contribution in [0.2, 0.25) is 0 Å². The smallest absolute Gasteiger partial charge is 0.274 e. The summed E-state index contributed by atoms with van der Waals surface area (Å²) in [6.07, 6.45) is 0.830. The molecule has 1 aromatic heterocycles. The van der Waals surface area contributed by atoms with Crippen LogP contribution in [-0.2, 0) is 4.74 Å². The number of anilines is 2. The average Bonchev–Trinajstić information content (AvgIpc) is 2.53. The molecule has 1 amide bonds. The molecule has 2 rings (SSSR count). The van der Waals surface area contributed by atoms with E-state index in [1.54, 1.807) is 20.1 Å². The van der Waals surface area contributed by atoms with E-state index in [9.17, 15) is 9.18 Å². The second-order valence-electron chi connectivity index (χ2n) is 4.92. The van der Waals surface area contributed by atoms with Gasteiger partial charge in [-0.25, -0.2) is 14.4 Å². The summed E-state index contributed by atoms with van der Waals surface area (Å²) in [5.41, 5.74) is 0.748. The van der Waals surface area contributed by atoms with Crippen LogP contribution in [0.25, 0.3) is 0 Å². The first kappa shape index (κ1) is 16.8. The molecule has 0 saturated heterocycles. The Morgan fingerprint density at radius 1 is 1.26 bits per heavy atom. The van der Waals surface area contributed by atoms with Crippen molar-refractivity contribution in [2.45, 2.75) is 13.3 Å². The van der Waals surface area contributed by atoms with Crippen molar-refractivity contribution in [3.05, 3.63) is 47.7 Å². The van der Waals surface area contributed by atoms with Gasteiger partial charge in [-0.2, -0.15) is 0 Å². The minimum absolute atomic E-state index is 0.246. The molecule has 0 radical (unpaired) electrons. The molecule has 7 heteroatoms. The van der Waals surface area contributed by atoms with Crippen LogP contribution >= 0.6 is 0 Å². The average molecular weight is 318 g/mol. The molecule has 2 aromatic rings. The molecule has 0 unspecified atom stereocenters. The molecule has 0 saturated carbocycles. The predicted octanol–water partition coefficient (Wildman–Crippen LogP) is 2.62. The molecule has 0 bridgehead atoms. The zero-order chi connectivity index (χ0) is 16.7. The Labute approximate surface area is 134 Å². The normalized spacial score (nSPS) is 10.4. The highest BCUT2D eigenvalue weighted by Crippen LogP contribution is 2.12. The number of aryl methyl sites for hydroxylation is 1. The van der Waals surface area contributed by atoms with Crippen molar-refractivity contribution in [3.8, 4) is 0 Å². The topological polar surface area (TPSA) is 76.1 Å². The number of halogens is 1. The van der Waals surface area contributed by atoms with Gasteiger partial charge in [0.15, 0.2) is 0 Å². The number of aromatic nitrogens is 2. The van der Waals surface area contributed by atoms with Crippen LogP contribution < -0.4 is 10.6 Å². The number of carbonyl (C=O) groups excluding carboxylic acids is 1. The fraction of sp³-hybridized carbons (Fsp3) is 0.312. The number of rotatable bonds is 7. The number of ether oxygens (including phenoxy) is 1. The fourth-order valence-corrected chi connectivity index (χ4v) is 1.94. The van der Waals surface area contributed by atoms with Gasteiger partial charge in [0.2, 0.25) is 0 Å². The van der Waals surface area contributed by atoms with Crippen molar-refractivity contribution in [1.82, 2.24) is 9.97 Å². The number of methoxy groups -OCH3 is 1. The van der Waals surface area contributed by atoms with E-state index in [4.69, 9.17) is 4.74 Å². The number of hydrogen-bond donors (Lipinski definition) is 2. The van der Waals surface area contributed by atoms with Crippen molar-refractivity contribution in [2.24, 2.45) is 0 Å². The minimum Gasteiger partial charge on any atom is -0.385 e. The molecule has 1 heterocycles. The third-order valence-corrected chi connectivity index (χ3v) is 3.00. The summed E-state index contributed by atoms with van der Waals surface area (Å²) in [5.74, 6) is 0.342. The lowest BCUT2D eigenvalue weighted by atomic mass is 10.3. The summed E-state index contributed by atoms with van der Waals surface area (Å²) in [6.45, 7) is 3.05. The largest absolute Gasteiger partial charge is 0.385 e. The van der Waals surface area contributed by atoms with Crippen molar-refractivity contribution in [3.63, 3.8) is 0 Å². The lowest BCUT2D eigenvalue weighted by molar-refractivity contribution is 0.102. The van der Waals surface area contributed by atoms with Crippen molar-refractivity contribution in [1.29, 1.82) is 0 Å². The Hall–Kier alpha value is -2.54. The van der Waals surface area contributed by atoms with Gasteiger partial charge in [0, 0.05) is 32.0 Å². The SMILES string of the molecule is COCCCNc1cc(C(=O)Nc2ccc(F)cc2)nc(C)n1. The standard InChI is InChI=1S/C16H19FN4O2/c1-11-19-14(10-15(20-11)18-8-3-9-23-2)16(22)21-13-6-4-12(17)5-7-13/h4-7,10H,3,8-9H2,1-2H3,(H,21,22)(H,18,19,20). The summed E-state index contributed by atoms with van der Waals surface area (Å²) in [6, 6.07) is 7.13. The first-order valence-electron chi connectivity index (χ1n) is 7.24. The molecule has 2 N–H and O–H groups in total. The number of benzene rings is 1. The Morgan fingerprint density at radius 2 is 2.00 bits per heavy atom. The first-order chi connectivity index (χ1) is 11.1. The Kier molecular flexibility index (Phi) is 5.99. The molecule has 0 aliphatic rings. The molecule has 0 aliphatic heterocycles. The van der Waals surface area contributed by atoms with Gasteiger partial charge in [-0.3, -0.25) is 4.79 Å². The van der Waals surface area contributed by atoms with Crippen molar-refractivity contribution >= 4 is 17.4 Å². The van der Waals surface area contributed by atoms with E-state index in [2.05, 4.69) is 20.6 Å². The molecular formula is C16H19FN4O2. The molecule has 122 valence electrons. The van der Waals surface area contributed by atoms with Gasteiger partial charge in [-0.05, 0) is 37.6 Å². The lowest BCUT2D eigenvalue weighted by Crippen LogP contribution is -2.16. The van der Waals surface area contributed by atoms with Crippen LogP contribution in [0.15, 0.2) is 30.3 Å². The van der Waals surface area contributed by atoms with E-state index < -0.39 is 0 Å². The van der Waals surface area contributed by atoms with Crippen molar-refractivity contribution < 1.29 is 13.9 Å².